The molecule has 3 aromatic rings. The molecule has 1 amide bonds. The highest BCUT2D eigenvalue weighted by Crippen LogP contribution is 2.20. The van der Waals surface area contributed by atoms with Crippen molar-refractivity contribution in [3.05, 3.63) is 65.2 Å². The van der Waals surface area contributed by atoms with Crippen molar-refractivity contribution in [1.82, 2.24) is 20.2 Å². The standard InChI is InChI=1S/C22H25FN4O/c1-15-6-7-19-20(12-15)26-21(25-19)14-27-10-8-16(9-11-27)22(28)24-13-17-4-2-3-5-18(17)23/h2-7,12,16H,8-11,13-14H2,1H3,(H,24,28)(H,25,26). The number of nitrogens with zero attached hydrogens (tertiary/aromatic N) is 2. The number of rotatable bonds is 5. The smallest absolute Gasteiger partial charge is 0.223 e. The van der Waals surface area contributed by atoms with Crippen LogP contribution in [0.1, 0.15) is 29.8 Å². The number of H-pyrrole nitrogens is 1. The highest BCUT2D eigenvalue weighted by atomic mass is 19.1. The van der Waals surface area contributed by atoms with Crippen molar-refractivity contribution in [2.24, 2.45) is 5.92 Å². The quantitative estimate of drug-likeness (QED) is 0.712. The van der Waals surface area contributed by atoms with Gasteiger partial charge in [0, 0.05) is 18.0 Å². The molecular weight excluding hydrogens is 355 g/mol. The molecule has 28 heavy (non-hydrogen) atoms. The summed E-state index contributed by atoms with van der Waals surface area (Å²) in [6, 6.07) is 12.8. The topological polar surface area (TPSA) is 61.0 Å². The Morgan fingerprint density at radius 2 is 2.04 bits per heavy atom. The molecule has 4 rings (SSSR count). The first-order valence-corrected chi connectivity index (χ1v) is 9.77. The summed E-state index contributed by atoms with van der Waals surface area (Å²) >= 11 is 0. The van der Waals surface area contributed by atoms with Crippen molar-refractivity contribution < 1.29 is 9.18 Å². The van der Waals surface area contributed by atoms with Gasteiger partial charge >= 0.3 is 0 Å². The summed E-state index contributed by atoms with van der Waals surface area (Å²) < 4.78 is 13.7. The molecular formula is C22H25FN4O. The molecule has 1 aromatic heterocycles. The maximum absolute atomic E-state index is 13.7. The summed E-state index contributed by atoms with van der Waals surface area (Å²) in [5.41, 5.74) is 3.79. The first-order chi connectivity index (χ1) is 13.6. The molecule has 1 fully saturated rings. The number of hydrogen-bond acceptors (Lipinski definition) is 3. The van der Waals surface area contributed by atoms with Gasteiger partial charge in [-0.3, -0.25) is 9.69 Å². The zero-order valence-electron chi connectivity index (χ0n) is 16.0. The van der Waals surface area contributed by atoms with E-state index in [1.54, 1.807) is 18.2 Å². The van der Waals surface area contributed by atoms with Crippen molar-refractivity contribution in [1.29, 1.82) is 0 Å². The molecule has 5 nitrogen and oxygen atoms in total. The number of carbonyl (C=O) groups is 1. The van der Waals surface area contributed by atoms with Gasteiger partial charge in [-0.05, 0) is 56.6 Å². The number of amides is 1. The summed E-state index contributed by atoms with van der Waals surface area (Å²) in [6.07, 6.45) is 1.62. The number of imidazole rings is 1. The summed E-state index contributed by atoms with van der Waals surface area (Å²) in [6.45, 7) is 4.78. The van der Waals surface area contributed by atoms with Gasteiger partial charge < -0.3 is 10.3 Å². The Balaban J connectivity index is 1.27. The van der Waals surface area contributed by atoms with E-state index in [0.29, 0.717) is 5.56 Å². The summed E-state index contributed by atoms with van der Waals surface area (Å²) in [5, 5.41) is 2.88. The van der Waals surface area contributed by atoms with E-state index in [4.69, 9.17) is 0 Å². The summed E-state index contributed by atoms with van der Waals surface area (Å²) in [5.74, 6) is 0.685. The molecule has 0 aliphatic carbocycles. The lowest BCUT2D eigenvalue weighted by Crippen LogP contribution is -2.40. The van der Waals surface area contributed by atoms with Gasteiger partial charge in [-0.15, -0.1) is 0 Å². The number of halogens is 1. The van der Waals surface area contributed by atoms with E-state index in [1.165, 1.54) is 11.6 Å². The van der Waals surface area contributed by atoms with Crippen LogP contribution >= 0.6 is 0 Å². The van der Waals surface area contributed by atoms with Crippen molar-refractivity contribution in [3.63, 3.8) is 0 Å². The molecule has 6 heteroatoms. The number of likely N-dealkylation sites (tertiary alicyclic amines) is 1. The van der Waals surface area contributed by atoms with E-state index in [9.17, 15) is 9.18 Å². The maximum atomic E-state index is 13.7. The summed E-state index contributed by atoms with van der Waals surface area (Å²) in [4.78, 5) is 22.8. The second kappa shape index (κ2) is 8.10. The van der Waals surface area contributed by atoms with Gasteiger partial charge in [0.2, 0.25) is 5.91 Å². The average Bonchev–Trinajstić information content (AvgIpc) is 3.09. The van der Waals surface area contributed by atoms with Gasteiger partial charge in [-0.1, -0.05) is 24.3 Å². The highest BCUT2D eigenvalue weighted by Gasteiger charge is 2.25. The SMILES string of the molecule is Cc1ccc2nc(CN3CCC(C(=O)NCc4ccccc4F)CC3)[nH]c2c1. The van der Waals surface area contributed by atoms with E-state index in [2.05, 4.69) is 39.2 Å². The van der Waals surface area contributed by atoms with Crippen LogP contribution < -0.4 is 5.32 Å². The minimum atomic E-state index is -0.279. The third-order valence-corrected chi connectivity index (χ3v) is 5.43. The van der Waals surface area contributed by atoms with Gasteiger partial charge in [0.05, 0.1) is 17.6 Å². The fraction of sp³-hybridized carbons (Fsp3) is 0.364. The predicted molar refractivity (Wildman–Crippen MR) is 107 cm³/mol. The fourth-order valence-electron chi connectivity index (χ4n) is 3.78. The van der Waals surface area contributed by atoms with Gasteiger partial charge in [0.25, 0.3) is 0 Å². The second-order valence-electron chi connectivity index (χ2n) is 7.56. The first kappa shape index (κ1) is 18.6. The van der Waals surface area contributed by atoms with Crippen LogP contribution in [0.2, 0.25) is 0 Å². The van der Waals surface area contributed by atoms with Crippen molar-refractivity contribution in [3.8, 4) is 0 Å². The molecule has 1 aliphatic rings. The number of aromatic amines is 1. The predicted octanol–water partition coefficient (Wildman–Crippen LogP) is 3.54. The Labute approximate surface area is 164 Å². The van der Waals surface area contributed by atoms with Crippen molar-refractivity contribution in [2.75, 3.05) is 13.1 Å². The Bertz CT molecular complexity index is 976. The third-order valence-electron chi connectivity index (χ3n) is 5.43. The minimum absolute atomic E-state index is 0.0126. The normalized spacial score (nSPS) is 15.8. The van der Waals surface area contributed by atoms with E-state index in [1.807, 2.05) is 6.07 Å². The van der Waals surface area contributed by atoms with Gasteiger partial charge in [0.1, 0.15) is 11.6 Å². The van der Waals surface area contributed by atoms with Crippen LogP contribution in [0, 0.1) is 18.7 Å². The third kappa shape index (κ3) is 4.22. The first-order valence-electron chi connectivity index (χ1n) is 9.77. The number of fused-ring (bicyclic) bond motifs is 1. The molecule has 0 unspecified atom stereocenters. The Kier molecular flexibility index (Phi) is 5.39. The number of piperidine rings is 1. The van der Waals surface area contributed by atoms with Crippen LogP contribution in [0.25, 0.3) is 11.0 Å². The van der Waals surface area contributed by atoms with Crippen molar-refractivity contribution >= 4 is 16.9 Å². The van der Waals surface area contributed by atoms with Crippen LogP contribution in [-0.2, 0) is 17.9 Å². The Morgan fingerprint density at radius 3 is 2.82 bits per heavy atom. The summed E-state index contributed by atoms with van der Waals surface area (Å²) in [7, 11) is 0. The van der Waals surface area contributed by atoms with Crippen LogP contribution in [0.5, 0.6) is 0 Å². The van der Waals surface area contributed by atoms with Crippen LogP contribution in [0.4, 0.5) is 4.39 Å². The van der Waals surface area contributed by atoms with Crippen molar-refractivity contribution in [2.45, 2.75) is 32.9 Å². The van der Waals surface area contributed by atoms with E-state index in [0.717, 1.165) is 49.3 Å². The number of benzene rings is 2. The van der Waals surface area contributed by atoms with Crippen LogP contribution in [0.15, 0.2) is 42.5 Å². The zero-order chi connectivity index (χ0) is 19.5. The maximum Gasteiger partial charge on any atom is 0.223 e. The lowest BCUT2D eigenvalue weighted by atomic mass is 9.96. The second-order valence-corrected chi connectivity index (χ2v) is 7.56. The average molecular weight is 380 g/mol. The number of aromatic nitrogens is 2. The number of carbonyl (C=O) groups excluding carboxylic acids is 1. The molecule has 0 atom stereocenters. The minimum Gasteiger partial charge on any atom is -0.352 e. The van der Waals surface area contributed by atoms with E-state index in [-0.39, 0.29) is 24.2 Å². The van der Waals surface area contributed by atoms with E-state index >= 15 is 0 Å². The molecule has 1 saturated heterocycles. The fourth-order valence-corrected chi connectivity index (χ4v) is 3.78. The van der Waals surface area contributed by atoms with E-state index < -0.39 is 0 Å². The van der Waals surface area contributed by atoms with Gasteiger partial charge in [0.15, 0.2) is 0 Å². The zero-order valence-corrected chi connectivity index (χ0v) is 16.0. The van der Waals surface area contributed by atoms with Gasteiger partial charge in [-0.2, -0.15) is 0 Å². The van der Waals surface area contributed by atoms with Crippen LogP contribution in [-0.4, -0.2) is 33.9 Å². The Morgan fingerprint density at radius 1 is 1.25 bits per heavy atom. The number of aryl methyl sites for hydroxylation is 1. The molecule has 1 aliphatic heterocycles. The number of nitrogens with one attached hydrogen (secondary N) is 2. The number of hydrogen-bond donors (Lipinski definition) is 2. The van der Waals surface area contributed by atoms with Gasteiger partial charge in [-0.25, -0.2) is 9.37 Å². The highest BCUT2D eigenvalue weighted by molar-refractivity contribution is 5.78. The largest absolute Gasteiger partial charge is 0.352 e. The lowest BCUT2D eigenvalue weighted by molar-refractivity contribution is -0.126. The lowest BCUT2D eigenvalue weighted by Gasteiger charge is -2.30. The molecule has 0 spiro atoms. The molecule has 0 radical (unpaired) electrons. The molecule has 146 valence electrons. The molecule has 2 N–H and O–H groups in total. The molecule has 0 bridgehead atoms. The van der Waals surface area contributed by atoms with Crippen LogP contribution in [0.3, 0.4) is 0 Å². The monoisotopic (exact) mass is 380 g/mol. The molecule has 2 heterocycles. The molecule has 2 aromatic carbocycles. The Hall–Kier alpha value is -2.73. The molecule has 0 saturated carbocycles.